The first-order valence-electron chi connectivity index (χ1n) is 9.61. The van der Waals surface area contributed by atoms with Gasteiger partial charge in [0.2, 0.25) is 5.91 Å². The molecule has 1 N–H and O–H groups in total. The molecule has 5 nitrogen and oxygen atoms in total. The van der Waals surface area contributed by atoms with Crippen LogP contribution < -0.4 is 10.9 Å². The van der Waals surface area contributed by atoms with Crippen LogP contribution in [-0.4, -0.2) is 27.0 Å². The van der Waals surface area contributed by atoms with Gasteiger partial charge in [0, 0.05) is 22.9 Å². The molecule has 0 atom stereocenters. The fourth-order valence-corrected chi connectivity index (χ4v) is 5.14. The zero-order chi connectivity index (χ0) is 21.1. The maximum Gasteiger partial charge on any atom is 0.272 e. The van der Waals surface area contributed by atoms with Crippen molar-refractivity contribution in [2.24, 2.45) is 0 Å². The van der Waals surface area contributed by atoms with E-state index in [1.54, 1.807) is 28.8 Å². The van der Waals surface area contributed by atoms with E-state index in [-0.39, 0.29) is 17.2 Å². The number of fused-ring (bicyclic) bond motifs is 1. The zero-order valence-corrected chi connectivity index (χ0v) is 18.7. The number of halogens is 1. The lowest BCUT2D eigenvalue weighted by Crippen LogP contribution is -2.24. The van der Waals surface area contributed by atoms with Gasteiger partial charge < -0.3 is 5.32 Å². The Bertz CT molecular complexity index is 1130. The third-order valence-electron chi connectivity index (χ3n) is 4.73. The van der Waals surface area contributed by atoms with Crippen molar-refractivity contribution in [3.8, 4) is 5.69 Å². The van der Waals surface area contributed by atoms with Crippen molar-refractivity contribution >= 4 is 46.7 Å². The van der Waals surface area contributed by atoms with E-state index in [2.05, 4.69) is 12.2 Å². The van der Waals surface area contributed by atoms with E-state index in [4.69, 9.17) is 16.6 Å². The molecule has 3 aromatic rings. The van der Waals surface area contributed by atoms with E-state index in [9.17, 15) is 9.59 Å². The largest absolute Gasteiger partial charge is 0.325 e. The Morgan fingerprint density at radius 2 is 1.93 bits per heavy atom. The average Bonchev–Trinajstić information content (AvgIpc) is 3.23. The number of benzene rings is 2. The number of nitrogens with zero attached hydrogens (tertiary/aromatic N) is 2. The summed E-state index contributed by atoms with van der Waals surface area (Å²) in [5.41, 5.74) is 3.38. The number of aromatic nitrogens is 2. The Morgan fingerprint density at radius 1 is 1.20 bits per heavy atom. The lowest BCUT2D eigenvalue weighted by Gasteiger charge is -2.14. The zero-order valence-electron chi connectivity index (χ0n) is 16.4. The van der Waals surface area contributed by atoms with Gasteiger partial charge in [-0.25, -0.2) is 4.98 Å². The molecule has 1 aromatic heterocycles. The molecule has 1 aliphatic heterocycles. The van der Waals surface area contributed by atoms with Gasteiger partial charge in [0.15, 0.2) is 5.16 Å². The summed E-state index contributed by atoms with van der Waals surface area (Å²) in [6.45, 7) is 2.09. The molecule has 154 valence electrons. The van der Waals surface area contributed by atoms with Gasteiger partial charge in [-0.15, -0.1) is 11.8 Å². The summed E-state index contributed by atoms with van der Waals surface area (Å²) in [5, 5.41) is 4.01. The lowest BCUT2D eigenvalue weighted by molar-refractivity contribution is -0.113. The number of rotatable bonds is 6. The van der Waals surface area contributed by atoms with Gasteiger partial charge in [0.05, 0.1) is 22.0 Å². The summed E-state index contributed by atoms with van der Waals surface area (Å²) < 4.78 is 1.57. The molecular weight excluding hydrogens is 438 g/mol. The molecule has 2 heterocycles. The molecule has 0 saturated heterocycles. The molecule has 0 spiro atoms. The van der Waals surface area contributed by atoms with E-state index < -0.39 is 0 Å². The van der Waals surface area contributed by atoms with Gasteiger partial charge in [-0.3, -0.25) is 14.2 Å². The van der Waals surface area contributed by atoms with Gasteiger partial charge in [0.1, 0.15) is 0 Å². The second-order valence-electron chi connectivity index (χ2n) is 6.77. The van der Waals surface area contributed by atoms with Gasteiger partial charge in [0.25, 0.3) is 5.56 Å². The molecule has 30 heavy (non-hydrogen) atoms. The van der Waals surface area contributed by atoms with E-state index in [1.807, 2.05) is 24.3 Å². The highest BCUT2D eigenvalue weighted by Crippen LogP contribution is 2.30. The maximum atomic E-state index is 13.1. The Labute approximate surface area is 188 Å². The SMILES string of the molecule is CCc1ccc(NC(=O)CSc2nc3c(c(=O)n2-c2ccc(Cl)cc2)SCC3)cc1. The topological polar surface area (TPSA) is 64.0 Å². The van der Waals surface area contributed by atoms with Crippen LogP contribution in [0.25, 0.3) is 5.69 Å². The highest BCUT2D eigenvalue weighted by atomic mass is 35.5. The van der Waals surface area contributed by atoms with Crippen molar-refractivity contribution in [2.45, 2.75) is 29.8 Å². The predicted octanol–water partition coefficient (Wildman–Crippen LogP) is 4.83. The quantitative estimate of drug-likeness (QED) is 0.424. The van der Waals surface area contributed by atoms with Crippen molar-refractivity contribution < 1.29 is 4.79 Å². The van der Waals surface area contributed by atoms with Crippen LogP contribution in [0.3, 0.4) is 0 Å². The summed E-state index contributed by atoms with van der Waals surface area (Å²) in [6.07, 6.45) is 1.72. The van der Waals surface area contributed by atoms with Crippen molar-refractivity contribution in [1.82, 2.24) is 9.55 Å². The number of thioether (sulfide) groups is 2. The first-order chi connectivity index (χ1) is 14.5. The van der Waals surface area contributed by atoms with Crippen LogP contribution >= 0.6 is 35.1 Å². The van der Waals surface area contributed by atoms with Crippen LogP contribution in [0.5, 0.6) is 0 Å². The molecule has 0 fully saturated rings. The summed E-state index contributed by atoms with van der Waals surface area (Å²) in [4.78, 5) is 31.0. The molecular formula is C22H20ClN3O2S2. The predicted molar refractivity (Wildman–Crippen MR) is 124 cm³/mol. The van der Waals surface area contributed by atoms with Crippen LogP contribution in [0.2, 0.25) is 5.02 Å². The number of hydrogen-bond donors (Lipinski definition) is 1. The van der Waals surface area contributed by atoms with Gasteiger partial charge >= 0.3 is 0 Å². The monoisotopic (exact) mass is 457 g/mol. The lowest BCUT2D eigenvalue weighted by atomic mass is 10.1. The standard InChI is InChI=1S/C22H20ClN3O2S2/c1-2-14-3-7-16(8-4-14)24-19(27)13-30-22-25-18-11-12-29-20(18)21(28)26(22)17-9-5-15(23)6-10-17/h3-10H,2,11-13H2,1H3,(H,24,27). The Balaban J connectivity index is 1.57. The number of amides is 1. The van der Waals surface area contributed by atoms with Crippen LogP contribution in [0, 0.1) is 0 Å². The van der Waals surface area contributed by atoms with Crippen molar-refractivity contribution in [1.29, 1.82) is 0 Å². The second kappa shape index (κ2) is 9.29. The highest BCUT2D eigenvalue weighted by molar-refractivity contribution is 8.00. The van der Waals surface area contributed by atoms with E-state index in [0.29, 0.717) is 20.8 Å². The molecule has 0 bridgehead atoms. The van der Waals surface area contributed by atoms with Crippen molar-refractivity contribution in [3.63, 3.8) is 0 Å². The fraction of sp³-hybridized carbons (Fsp3) is 0.227. The molecule has 8 heteroatoms. The molecule has 2 aromatic carbocycles. The molecule has 0 unspecified atom stereocenters. The minimum atomic E-state index is -0.143. The number of nitrogens with one attached hydrogen (secondary N) is 1. The Morgan fingerprint density at radius 3 is 2.63 bits per heavy atom. The Hall–Kier alpha value is -2.22. The van der Waals surface area contributed by atoms with Crippen LogP contribution in [-0.2, 0) is 17.6 Å². The van der Waals surface area contributed by atoms with E-state index in [0.717, 1.165) is 30.0 Å². The van der Waals surface area contributed by atoms with Gasteiger partial charge in [-0.05, 0) is 48.4 Å². The van der Waals surface area contributed by atoms with Crippen LogP contribution in [0.1, 0.15) is 18.2 Å². The number of carbonyl (C=O) groups is 1. The molecule has 4 rings (SSSR count). The summed E-state index contributed by atoms with van der Waals surface area (Å²) in [5.74, 6) is 0.859. The average molecular weight is 458 g/mol. The van der Waals surface area contributed by atoms with Crippen LogP contribution in [0.15, 0.2) is 63.4 Å². The molecule has 0 radical (unpaired) electrons. The molecule has 0 saturated carbocycles. The fourth-order valence-electron chi connectivity index (χ4n) is 3.16. The first kappa shape index (κ1) is 21.0. The van der Waals surface area contributed by atoms with Crippen LogP contribution in [0.4, 0.5) is 5.69 Å². The smallest absolute Gasteiger partial charge is 0.272 e. The molecule has 1 aliphatic rings. The van der Waals surface area contributed by atoms with Crippen molar-refractivity contribution in [3.05, 3.63) is 75.2 Å². The van der Waals surface area contributed by atoms with E-state index >= 15 is 0 Å². The second-order valence-corrected chi connectivity index (χ2v) is 9.26. The van der Waals surface area contributed by atoms with Gasteiger partial charge in [-0.2, -0.15) is 0 Å². The normalized spacial score (nSPS) is 12.6. The number of aryl methyl sites for hydroxylation is 2. The minimum absolute atomic E-state index is 0.0946. The number of carbonyl (C=O) groups excluding carboxylic acids is 1. The summed E-state index contributed by atoms with van der Waals surface area (Å²) >= 11 is 8.80. The summed E-state index contributed by atoms with van der Waals surface area (Å²) in [7, 11) is 0. The third kappa shape index (κ3) is 4.58. The van der Waals surface area contributed by atoms with Crippen molar-refractivity contribution in [2.75, 3.05) is 16.8 Å². The van der Waals surface area contributed by atoms with Gasteiger partial charge in [-0.1, -0.05) is 42.4 Å². The highest BCUT2D eigenvalue weighted by Gasteiger charge is 2.23. The maximum absolute atomic E-state index is 13.1. The minimum Gasteiger partial charge on any atom is -0.325 e. The number of hydrogen-bond acceptors (Lipinski definition) is 5. The molecule has 1 amide bonds. The number of anilines is 1. The third-order valence-corrected chi connectivity index (χ3v) is 7.03. The first-order valence-corrected chi connectivity index (χ1v) is 12.0. The van der Waals surface area contributed by atoms with E-state index in [1.165, 1.54) is 29.1 Å². The summed E-state index contributed by atoms with van der Waals surface area (Å²) in [6, 6.07) is 14.9. The Kier molecular flexibility index (Phi) is 6.51. The molecule has 0 aliphatic carbocycles.